The number of hydrogen-bond acceptors (Lipinski definition) is 4. The van der Waals surface area contributed by atoms with Crippen LogP contribution in [0.4, 0.5) is 5.13 Å². The van der Waals surface area contributed by atoms with Gasteiger partial charge in [-0.15, -0.1) is 11.3 Å². The van der Waals surface area contributed by atoms with Crippen molar-refractivity contribution in [3.63, 3.8) is 0 Å². The number of amides is 1. The molecule has 1 aliphatic rings. The monoisotopic (exact) mass is 267 g/mol. The Balaban J connectivity index is 2.10. The molecule has 1 saturated heterocycles. The molecule has 1 aliphatic heterocycles. The maximum atomic E-state index is 12.5. The highest BCUT2D eigenvalue weighted by atomic mass is 32.1. The summed E-state index contributed by atoms with van der Waals surface area (Å²) in [5.74, 6) is 0.380. The molecule has 0 saturated carbocycles. The zero-order valence-corrected chi connectivity index (χ0v) is 12.1. The molecule has 4 nitrogen and oxygen atoms in total. The highest BCUT2D eigenvalue weighted by Gasteiger charge is 2.29. The summed E-state index contributed by atoms with van der Waals surface area (Å²) in [4.78, 5) is 18.8. The Kier molecular flexibility index (Phi) is 4.35. The van der Waals surface area contributed by atoms with E-state index in [0.29, 0.717) is 12.6 Å². The van der Waals surface area contributed by atoms with Crippen molar-refractivity contribution in [2.75, 3.05) is 18.0 Å². The Bertz CT molecular complexity index is 418. The summed E-state index contributed by atoms with van der Waals surface area (Å²) >= 11 is 1.55. The smallest absolute Gasteiger partial charge is 0.231 e. The zero-order valence-electron chi connectivity index (χ0n) is 11.3. The second-order valence-corrected chi connectivity index (χ2v) is 5.77. The number of thiazole rings is 1. The number of aromatic nitrogens is 1. The van der Waals surface area contributed by atoms with E-state index in [1.165, 1.54) is 0 Å². The molecule has 0 aromatic carbocycles. The van der Waals surface area contributed by atoms with Crippen molar-refractivity contribution in [3.05, 3.63) is 11.1 Å². The minimum absolute atomic E-state index is 0.144. The number of piperidine rings is 1. The van der Waals surface area contributed by atoms with E-state index in [1.54, 1.807) is 11.3 Å². The summed E-state index contributed by atoms with van der Waals surface area (Å²) in [5.41, 5.74) is 0.986. The van der Waals surface area contributed by atoms with Gasteiger partial charge in [-0.3, -0.25) is 9.69 Å². The molecule has 2 atom stereocenters. The standard InChI is InChI=1S/C13H21N3OS/c1-4-16(13-15-10(3)8-18-13)12(17)11-5-6-14-9(2)7-11/h8-9,11,14H,4-7H2,1-3H3/t9-,11-/m0/s1. The first-order valence-corrected chi connectivity index (χ1v) is 7.46. The van der Waals surface area contributed by atoms with E-state index in [0.717, 1.165) is 30.2 Å². The van der Waals surface area contributed by atoms with Crippen LogP contribution >= 0.6 is 11.3 Å². The van der Waals surface area contributed by atoms with E-state index >= 15 is 0 Å². The lowest BCUT2D eigenvalue weighted by Crippen LogP contribution is -2.44. The van der Waals surface area contributed by atoms with E-state index in [2.05, 4.69) is 17.2 Å². The van der Waals surface area contributed by atoms with Gasteiger partial charge in [-0.05, 0) is 40.2 Å². The first kappa shape index (κ1) is 13.5. The maximum Gasteiger partial charge on any atom is 0.231 e. The number of aryl methyl sites for hydroxylation is 1. The molecule has 0 bridgehead atoms. The van der Waals surface area contributed by atoms with Gasteiger partial charge in [0.05, 0.1) is 5.69 Å². The summed E-state index contributed by atoms with van der Waals surface area (Å²) in [6, 6.07) is 0.435. The topological polar surface area (TPSA) is 45.2 Å². The van der Waals surface area contributed by atoms with Gasteiger partial charge in [-0.1, -0.05) is 0 Å². The lowest BCUT2D eigenvalue weighted by molar-refractivity contribution is -0.123. The molecule has 1 aromatic rings. The van der Waals surface area contributed by atoms with Crippen LogP contribution in [0.5, 0.6) is 0 Å². The molecule has 5 heteroatoms. The van der Waals surface area contributed by atoms with Crippen LogP contribution in [-0.2, 0) is 4.79 Å². The van der Waals surface area contributed by atoms with Crippen LogP contribution < -0.4 is 10.2 Å². The molecule has 1 N–H and O–H groups in total. The van der Waals surface area contributed by atoms with Crippen LogP contribution in [-0.4, -0.2) is 30.0 Å². The van der Waals surface area contributed by atoms with Crippen molar-refractivity contribution in [1.82, 2.24) is 10.3 Å². The maximum absolute atomic E-state index is 12.5. The summed E-state index contributed by atoms with van der Waals surface area (Å²) in [5, 5.41) is 6.22. The molecule has 1 fully saturated rings. The third kappa shape index (κ3) is 2.90. The Morgan fingerprint density at radius 1 is 1.67 bits per heavy atom. The van der Waals surface area contributed by atoms with Gasteiger partial charge in [0.15, 0.2) is 5.13 Å². The Morgan fingerprint density at radius 2 is 2.44 bits per heavy atom. The Labute approximate surface area is 112 Å². The predicted molar refractivity (Wildman–Crippen MR) is 75.1 cm³/mol. The van der Waals surface area contributed by atoms with Crippen LogP contribution in [0.3, 0.4) is 0 Å². The van der Waals surface area contributed by atoms with E-state index in [9.17, 15) is 4.79 Å². The van der Waals surface area contributed by atoms with Gasteiger partial charge in [0.1, 0.15) is 0 Å². The fourth-order valence-electron chi connectivity index (χ4n) is 2.43. The van der Waals surface area contributed by atoms with Gasteiger partial charge in [0.25, 0.3) is 0 Å². The zero-order chi connectivity index (χ0) is 13.1. The van der Waals surface area contributed by atoms with Crippen molar-refractivity contribution in [2.45, 2.75) is 39.7 Å². The second-order valence-electron chi connectivity index (χ2n) is 4.93. The van der Waals surface area contributed by atoms with Crippen LogP contribution in [0.15, 0.2) is 5.38 Å². The van der Waals surface area contributed by atoms with Crippen molar-refractivity contribution >= 4 is 22.4 Å². The minimum Gasteiger partial charge on any atom is -0.314 e. The molecule has 1 amide bonds. The molecule has 0 unspecified atom stereocenters. The van der Waals surface area contributed by atoms with E-state index in [1.807, 2.05) is 24.1 Å². The fraction of sp³-hybridized carbons (Fsp3) is 0.692. The fourth-order valence-corrected chi connectivity index (χ4v) is 3.30. The van der Waals surface area contributed by atoms with Crippen molar-refractivity contribution in [3.8, 4) is 0 Å². The molecule has 0 aliphatic carbocycles. The number of hydrogen-bond donors (Lipinski definition) is 1. The Hall–Kier alpha value is -0.940. The van der Waals surface area contributed by atoms with Crippen molar-refractivity contribution in [2.24, 2.45) is 5.92 Å². The molecule has 0 radical (unpaired) electrons. The van der Waals surface area contributed by atoms with Crippen molar-refractivity contribution in [1.29, 1.82) is 0 Å². The van der Waals surface area contributed by atoms with Crippen molar-refractivity contribution < 1.29 is 4.79 Å². The van der Waals surface area contributed by atoms with Crippen LogP contribution in [0.25, 0.3) is 0 Å². The molecule has 2 rings (SSSR count). The highest BCUT2D eigenvalue weighted by molar-refractivity contribution is 7.14. The third-order valence-electron chi connectivity index (χ3n) is 3.39. The first-order valence-electron chi connectivity index (χ1n) is 6.58. The average Bonchev–Trinajstić information content (AvgIpc) is 2.76. The molecule has 0 spiro atoms. The summed E-state index contributed by atoms with van der Waals surface area (Å²) in [6.45, 7) is 7.75. The SMILES string of the molecule is CCN(C(=O)[C@H]1CCN[C@@H](C)C1)c1nc(C)cs1. The van der Waals surface area contributed by atoms with Gasteiger partial charge in [-0.25, -0.2) is 4.98 Å². The number of anilines is 1. The second kappa shape index (κ2) is 5.80. The highest BCUT2D eigenvalue weighted by Crippen LogP contribution is 2.25. The van der Waals surface area contributed by atoms with Gasteiger partial charge < -0.3 is 5.32 Å². The lowest BCUT2D eigenvalue weighted by Gasteiger charge is -2.30. The van der Waals surface area contributed by atoms with Crippen LogP contribution in [0, 0.1) is 12.8 Å². The van der Waals surface area contributed by atoms with Gasteiger partial charge in [0.2, 0.25) is 5.91 Å². The third-order valence-corrected chi connectivity index (χ3v) is 4.37. The molecule has 100 valence electrons. The number of rotatable bonds is 3. The summed E-state index contributed by atoms with van der Waals surface area (Å²) in [6.07, 6.45) is 1.86. The van der Waals surface area contributed by atoms with E-state index in [-0.39, 0.29) is 11.8 Å². The van der Waals surface area contributed by atoms with E-state index in [4.69, 9.17) is 0 Å². The summed E-state index contributed by atoms with van der Waals surface area (Å²) in [7, 11) is 0. The average molecular weight is 267 g/mol. The predicted octanol–water partition coefficient (Wildman–Crippen LogP) is 2.19. The number of nitrogens with one attached hydrogen (secondary N) is 1. The largest absolute Gasteiger partial charge is 0.314 e. The Morgan fingerprint density at radius 3 is 3.00 bits per heavy atom. The first-order chi connectivity index (χ1) is 8.61. The number of nitrogens with zero attached hydrogens (tertiary/aromatic N) is 2. The summed E-state index contributed by atoms with van der Waals surface area (Å²) < 4.78 is 0. The molecule has 18 heavy (non-hydrogen) atoms. The normalized spacial score (nSPS) is 23.9. The minimum atomic E-state index is 0.144. The van der Waals surface area contributed by atoms with E-state index < -0.39 is 0 Å². The number of carbonyl (C=O) groups excluding carboxylic acids is 1. The lowest BCUT2D eigenvalue weighted by atomic mass is 9.92. The van der Waals surface area contributed by atoms with Gasteiger partial charge in [-0.2, -0.15) is 0 Å². The number of carbonyl (C=O) groups is 1. The molecule has 2 heterocycles. The van der Waals surface area contributed by atoms with Crippen LogP contribution in [0.2, 0.25) is 0 Å². The molecular weight excluding hydrogens is 246 g/mol. The van der Waals surface area contributed by atoms with Gasteiger partial charge >= 0.3 is 0 Å². The molecular formula is C13H21N3OS. The van der Waals surface area contributed by atoms with Crippen LogP contribution in [0.1, 0.15) is 32.4 Å². The molecule has 1 aromatic heterocycles. The van der Waals surface area contributed by atoms with Gasteiger partial charge in [0, 0.05) is 23.9 Å². The quantitative estimate of drug-likeness (QED) is 0.913.